The molecule has 4 heteroatoms. The first kappa shape index (κ1) is 21.2. The third-order valence-corrected chi connectivity index (χ3v) is 3.93. The summed E-state index contributed by atoms with van der Waals surface area (Å²) in [6, 6.07) is 4.01. The van der Waals surface area contributed by atoms with E-state index in [0.717, 1.165) is 24.0 Å². The Morgan fingerprint density at radius 3 is 2.00 bits per heavy atom. The van der Waals surface area contributed by atoms with E-state index >= 15 is 0 Å². The third-order valence-electron chi connectivity index (χ3n) is 3.93. The molecule has 0 aromatic heterocycles. The van der Waals surface area contributed by atoms with Gasteiger partial charge in [0.1, 0.15) is 5.75 Å². The molecule has 0 spiro atoms. The van der Waals surface area contributed by atoms with Crippen LogP contribution in [0.3, 0.4) is 0 Å². The maximum absolute atomic E-state index is 10.7. The van der Waals surface area contributed by atoms with Gasteiger partial charge >= 0.3 is 0 Å². The number of hydrogen-bond donors (Lipinski definition) is 3. The molecule has 0 bridgehead atoms. The molecule has 1 atom stereocenters. The molecule has 3 nitrogen and oxygen atoms in total. The molecule has 1 aromatic carbocycles. The van der Waals surface area contributed by atoms with E-state index in [2.05, 4.69) is 53.7 Å². The van der Waals surface area contributed by atoms with Crippen molar-refractivity contribution in [2.24, 2.45) is 11.5 Å². The van der Waals surface area contributed by atoms with Crippen LogP contribution in [0.1, 0.15) is 77.1 Å². The highest BCUT2D eigenvalue weighted by Gasteiger charge is 2.26. The van der Waals surface area contributed by atoms with Gasteiger partial charge in [0.05, 0.1) is 0 Å². The van der Waals surface area contributed by atoms with Gasteiger partial charge in [-0.3, -0.25) is 0 Å². The van der Waals surface area contributed by atoms with Crippen LogP contribution in [0.5, 0.6) is 5.75 Å². The van der Waals surface area contributed by atoms with Gasteiger partial charge in [0.2, 0.25) is 0 Å². The zero-order valence-electron chi connectivity index (χ0n) is 14.9. The number of benzene rings is 1. The van der Waals surface area contributed by atoms with Gasteiger partial charge in [0.25, 0.3) is 0 Å². The molecule has 1 aromatic rings. The molecule has 0 aliphatic carbocycles. The lowest BCUT2D eigenvalue weighted by Crippen LogP contribution is -2.20. The maximum atomic E-state index is 10.7. The fraction of sp³-hybridized carbons (Fsp3) is 0.667. The molecule has 128 valence electrons. The molecule has 0 aliphatic rings. The van der Waals surface area contributed by atoms with Crippen LogP contribution in [0.25, 0.3) is 0 Å². The predicted octanol–water partition coefficient (Wildman–Crippen LogP) is 4.15. The van der Waals surface area contributed by atoms with Gasteiger partial charge in [-0.25, -0.2) is 0 Å². The number of nitrogens with two attached hydrogens (primary N) is 2. The Kier molecular flexibility index (Phi) is 7.40. The second kappa shape index (κ2) is 7.67. The van der Waals surface area contributed by atoms with E-state index in [1.54, 1.807) is 0 Å². The van der Waals surface area contributed by atoms with Crippen molar-refractivity contribution in [2.45, 2.75) is 71.3 Å². The summed E-state index contributed by atoms with van der Waals surface area (Å²) in [5.74, 6) is 0.347. The first-order chi connectivity index (χ1) is 9.48. The molecule has 0 radical (unpaired) electrons. The van der Waals surface area contributed by atoms with Gasteiger partial charge in [0, 0.05) is 11.6 Å². The smallest absolute Gasteiger partial charge is 0.124 e. The zero-order valence-corrected chi connectivity index (χ0v) is 15.7. The van der Waals surface area contributed by atoms with Gasteiger partial charge in [-0.1, -0.05) is 47.6 Å². The molecule has 22 heavy (non-hydrogen) atoms. The lowest BCUT2D eigenvalue weighted by Gasteiger charge is -2.29. The molecule has 1 rings (SSSR count). The summed E-state index contributed by atoms with van der Waals surface area (Å²) in [5, 5.41) is 10.7. The Labute approximate surface area is 141 Å². The van der Waals surface area contributed by atoms with Gasteiger partial charge in [-0.05, 0) is 47.4 Å². The van der Waals surface area contributed by atoms with Gasteiger partial charge < -0.3 is 16.6 Å². The van der Waals surface area contributed by atoms with Crippen molar-refractivity contribution in [1.82, 2.24) is 0 Å². The first-order valence-electron chi connectivity index (χ1n) is 7.82. The van der Waals surface area contributed by atoms with Crippen molar-refractivity contribution < 1.29 is 5.11 Å². The summed E-state index contributed by atoms with van der Waals surface area (Å²) in [6.07, 6.45) is 1.66. The van der Waals surface area contributed by atoms with Crippen molar-refractivity contribution >= 4 is 12.4 Å². The largest absolute Gasteiger partial charge is 0.507 e. The van der Waals surface area contributed by atoms with Crippen molar-refractivity contribution in [3.05, 3.63) is 28.8 Å². The molecule has 0 saturated carbocycles. The number of phenolic OH excluding ortho intramolecular Hbond substituents is 1. The number of halogens is 1. The SMILES string of the molecule is CC(C)(C)c1cc([C@H](N)CCCN)c(O)c(C(C)(C)C)c1.Cl. The molecule has 0 fully saturated rings. The van der Waals surface area contributed by atoms with Crippen LogP contribution in [-0.2, 0) is 10.8 Å². The van der Waals surface area contributed by atoms with Crippen molar-refractivity contribution in [1.29, 1.82) is 0 Å². The Morgan fingerprint density at radius 1 is 1.05 bits per heavy atom. The van der Waals surface area contributed by atoms with Gasteiger partial charge in [0.15, 0.2) is 0 Å². The van der Waals surface area contributed by atoms with Crippen LogP contribution in [0.4, 0.5) is 0 Å². The maximum Gasteiger partial charge on any atom is 0.124 e. The highest BCUT2D eigenvalue weighted by atomic mass is 35.5. The predicted molar refractivity (Wildman–Crippen MR) is 98.0 cm³/mol. The minimum Gasteiger partial charge on any atom is -0.507 e. The Hall–Kier alpha value is -0.770. The van der Waals surface area contributed by atoms with E-state index in [0.29, 0.717) is 12.3 Å². The number of hydrogen-bond acceptors (Lipinski definition) is 3. The quantitative estimate of drug-likeness (QED) is 0.777. The van der Waals surface area contributed by atoms with Crippen LogP contribution >= 0.6 is 12.4 Å². The van der Waals surface area contributed by atoms with Crippen LogP contribution in [0.2, 0.25) is 0 Å². The van der Waals surface area contributed by atoms with Crippen LogP contribution in [-0.4, -0.2) is 11.7 Å². The van der Waals surface area contributed by atoms with Crippen LogP contribution < -0.4 is 11.5 Å². The van der Waals surface area contributed by atoms with Crippen molar-refractivity contribution in [2.75, 3.05) is 6.54 Å². The van der Waals surface area contributed by atoms with E-state index in [-0.39, 0.29) is 29.3 Å². The second-order valence-electron chi connectivity index (χ2n) is 8.00. The summed E-state index contributed by atoms with van der Waals surface area (Å²) in [7, 11) is 0. The zero-order chi connectivity index (χ0) is 16.4. The highest BCUT2D eigenvalue weighted by Crippen LogP contribution is 2.40. The second-order valence-corrected chi connectivity index (χ2v) is 8.00. The Balaban J connectivity index is 0.00000441. The van der Waals surface area contributed by atoms with Crippen molar-refractivity contribution in [3.8, 4) is 5.75 Å². The van der Waals surface area contributed by atoms with E-state index in [9.17, 15) is 5.11 Å². The van der Waals surface area contributed by atoms with E-state index in [4.69, 9.17) is 11.5 Å². The molecule has 0 heterocycles. The number of aromatic hydroxyl groups is 1. The molecule has 0 unspecified atom stereocenters. The van der Waals surface area contributed by atoms with E-state index in [1.807, 2.05) is 0 Å². The summed E-state index contributed by atoms with van der Waals surface area (Å²) in [4.78, 5) is 0. The summed E-state index contributed by atoms with van der Waals surface area (Å²) in [5.41, 5.74) is 14.8. The minimum absolute atomic E-state index is 0. The minimum atomic E-state index is -0.169. The Bertz CT molecular complexity index is 487. The lowest BCUT2D eigenvalue weighted by atomic mass is 9.78. The molecule has 0 saturated heterocycles. The van der Waals surface area contributed by atoms with Gasteiger partial charge in [-0.15, -0.1) is 12.4 Å². The number of rotatable bonds is 4. The molecular weight excluding hydrogens is 296 g/mol. The number of phenols is 1. The average Bonchev–Trinajstić information content (AvgIpc) is 2.33. The monoisotopic (exact) mass is 328 g/mol. The molecule has 5 N–H and O–H groups in total. The average molecular weight is 329 g/mol. The lowest BCUT2D eigenvalue weighted by molar-refractivity contribution is 0.429. The normalized spacial score (nSPS) is 13.6. The van der Waals surface area contributed by atoms with Crippen LogP contribution in [0.15, 0.2) is 12.1 Å². The molecule has 0 aliphatic heterocycles. The summed E-state index contributed by atoms with van der Waals surface area (Å²) >= 11 is 0. The molecule has 0 amide bonds. The van der Waals surface area contributed by atoms with E-state index in [1.165, 1.54) is 5.56 Å². The van der Waals surface area contributed by atoms with Crippen LogP contribution in [0, 0.1) is 0 Å². The molecular formula is C18H33ClN2O. The first-order valence-corrected chi connectivity index (χ1v) is 7.82. The van der Waals surface area contributed by atoms with E-state index < -0.39 is 0 Å². The fourth-order valence-electron chi connectivity index (χ4n) is 2.44. The topological polar surface area (TPSA) is 72.3 Å². The summed E-state index contributed by atoms with van der Waals surface area (Å²) < 4.78 is 0. The van der Waals surface area contributed by atoms with Crippen molar-refractivity contribution in [3.63, 3.8) is 0 Å². The third kappa shape index (κ3) is 5.15. The van der Waals surface area contributed by atoms with Gasteiger partial charge in [-0.2, -0.15) is 0 Å². The Morgan fingerprint density at radius 2 is 1.59 bits per heavy atom. The summed E-state index contributed by atoms with van der Waals surface area (Å²) in [6.45, 7) is 13.5. The highest BCUT2D eigenvalue weighted by molar-refractivity contribution is 5.85. The standard InChI is InChI=1S/C18H32N2O.ClH/c1-17(2,3)12-10-13(15(20)8-7-9-19)16(21)14(11-12)18(4,5)6;/h10-11,15,21H,7-9,19-20H2,1-6H3;1H/t15-;/m1./s1. The fourth-order valence-corrected chi connectivity index (χ4v) is 2.44.